The van der Waals surface area contributed by atoms with Crippen LogP contribution in [0.5, 0.6) is 0 Å². The molecule has 1 aromatic carbocycles. The van der Waals surface area contributed by atoms with Crippen molar-refractivity contribution in [3.8, 4) is 0 Å². The minimum Gasteiger partial charge on any atom is -0.319 e. The Bertz CT molecular complexity index is 409. The number of nitrogens with one attached hydrogen (secondary N) is 1. The monoisotopic (exact) mass is 268 g/mol. The van der Waals surface area contributed by atoms with Crippen molar-refractivity contribution >= 4 is 0 Å². The molecule has 0 bridgehead atoms. The maximum Gasteiger partial charge on any atom is 0.163 e. The molecule has 0 aromatic heterocycles. The molecule has 106 valence electrons. The number of likely N-dealkylation sites (tertiary alicyclic amines) is 1. The largest absolute Gasteiger partial charge is 0.319 e. The van der Waals surface area contributed by atoms with E-state index in [1.807, 2.05) is 7.05 Å². The molecule has 1 fully saturated rings. The summed E-state index contributed by atoms with van der Waals surface area (Å²) in [5.41, 5.74) is 0.506. The van der Waals surface area contributed by atoms with E-state index in [1.165, 1.54) is 6.07 Å². The summed E-state index contributed by atoms with van der Waals surface area (Å²) in [5.74, 6) is -1.09. The second-order valence-corrected chi connectivity index (χ2v) is 5.23. The molecule has 1 heterocycles. The number of hydrogen-bond donors (Lipinski definition) is 1. The van der Waals surface area contributed by atoms with E-state index in [4.69, 9.17) is 0 Å². The first-order valence-electron chi connectivity index (χ1n) is 7.01. The zero-order valence-corrected chi connectivity index (χ0v) is 11.6. The van der Waals surface area contributed by atoms with Gasteiger partial charge in [-0.25, -0.2) is 8.78 Å². The van der Waals surface area contributed by atoms with Crippen molar-refractivity contribution in [1.82, 2.24) is 10.2 Å². The first-order valence-corrected chi connectivity index (χ1v) is 7.01. The second kappa shape index (κ2) is 6.44. The highest BCUT2D eigenvalue weighted by molar-refractivity contribution is 5.24. The molecule has 0 spiro atoms. The molecule has 1 aliphatic rings. The zero-order valence-electron chi connectivity index (χ0n) is 11.6. The predicted molar refractivity (Wildman–Crippen MR) is 73.0 cm³/mol. The van der Waals surface area contributed by atoms with E-state index < -0.39 is 11.6 Å². The van der Waals surface area contributed by atoms with Crippen LogP contribution in [0.15, 0.2) is 18.2 Å². The fourth-order valence-electron chi connectivity index (χ4n) is 3.14. The summed E-state index contributed by atoms with van der Waals surface area (Å²) >= 11 is 0. The first kappa shape index (κ1) is 14.4. The van der Waals surface area contributed by atoms with Crippen LogP contribution in [0.25, 0.3) is 0 Å². The summed E-state index contributed by atoms with van der Waals surface area (Å²) in [6.45, 7) is 4.84. The van der Waals surface area contributed by atoms with Gasteiger partial charge in [-0.3, -0.25) is 4.90 Å². The Morgan fingerprint density at radius 1 is 1.37 bits per heavy atom. The molecule has 4 heteroatoms. The molecule has 2 atom stereocenters. The Labute approximate surface area is 113 Å². The molecule has 0 aliphatic carbocycles. The van der Waals surface area contributed by atoms with Crippen molar-refractivity contribution < 1.29 is 8.78 Å². The maximum atomic E-state index is 14.1. The van der Waals surface area contributed by atoms with Gasteiger partial charge in [-0.1, -0.05) is 19.1 Å². The molecule has 1 aromatic rings. The van der Waals surface area contributed by atoms with E-state index in [0.717, 1.165) is 32.5 Å². The van der Waals surface area contributed by atoms with Crippen LogP contribution in [0.4, 0.5) is 8.78 Å². The predicted octanol–water partition coefficient (Wildman–Crippen LogP) is 2.96. The summed E-state index contributed by atoms with van der Waals surface area (Å²) in [4.78, 5) is 2.28. The molecule has 1 N–H and O–H groups in total. The average molecular weight is 268 g/mol. The van der Waals surface area contributed by atoms with Gasteiger partial charge in [0.25, 0.3) is 0 Å². The van der Waals surface area contributed by atoms with Gasteiger partial charge in [0.1, 0.15) is 0 Å². The number of rotatable bonds is 5. The molecule has 1 saturated heterocycles. The smallest absolute Gasteiger partial charge is 0.163 e. The SMILES string of the molecule is CCCN1CCC(CNC)C1c1cccc(F)c1F. The Kier molecular flexibility index (Phi) is 4.88. The van der Waals surface area contributed by atoms with Gasteiger partial charge in [-0.15, -0.1) is 0 Å². The van der Waals surface area contributed by atoms with Crippen LogP contribution in [0, 0.1) is 17.6 Å². The molecule has 2 nitrogen and oxygen atoms in total. The van der Waals surface area contributed by atoms with Crippen molar-refractivity contribution in [2.45, 2.75) is 25.8 Å². The molecule has 0 saturated carbocycles. The summed E-state index contributed by atoms with van der Waals surface area (Å²) in [6.07, 6.45) is 2.06. The van der Waals surface area contributed by atoms with E-state index in [2.05, 4.69) is 17.1 Å². The Balaban J connectivity index is 2.32. The Morgan fingerprint density at radius 2 is 2.16 bits per heavy atom. The third-order valence-corrected chi connectivity index (χ3v) is 3.90. The topological polar surface area (TPSA) is 15.3 Å². The van der Waals surface area contributed by atoms with Crippen molar-refractivity contribution in [1.29, 1.82) is 0 Å². The van der Waals surface area contributed by atoms with Crippen molar-refractivity contribution in [3.05, 3.63) is 35.4 Å². The van der Waals surface area contributed by atoms with Gasteiger partial charge in [0, 0.05) is 11.6 Å². The van der Waals surface area contributed by atoms with Gasteiger partial charge in [-0.2, -0.15) is 0 Å². The van der Waals surface area contributed by atoms with Gasteiger partial charge in [0.05, 0.1) is 0 Å². The quantitative estimate of drug-likeness (QED) is 0.883. The highest BCUT2D eigenvalue weighted by Gasteiger charge is 2.36. The van der Waals surface area contributed by atoms with Crippen molar-refractivity contribution in [2.24, 2.45) is 5.92 Å². The lowest BCUT2D eigenvalue weighted by Crippen LogP contribution is -2.30. The molecule has 2 unspecified atom stereocenters. The van der Waals surface area contributed by atoms with Gasteiger partial charge in [0.2, 0.25) is 0 Å². The van der Waals surface area contributed by atoms with E-state index in [-0.39, 0.29) is 6.04 Å². The number of halogens is 2. The lowest BCUT2D eigenvalue weighted by molar-refractivity contribution is 0.221. The summed E-state index contributed by atoms with van der Waals surface area (Å²) in [6, 6.07) is 4.50. The maximum absolute atomic E-state index is 14.1. The molecular weight excluding hydrogens is 246 g/mol. The standard InChI is InChI=1S/C15H22F2N2/c1-3-8-19-9-7-11(10-18-2)15(19)12-5-4-6-13(16)14(12)17/h4-6,11,15,18H,3,7-10H2,1-2H3. The van der Waals surface area contributed by atoms with Crippen LogP contribution >= 0.6 is 0 Å². The lowest BCUT2D eigenvalue weighted by atomic mass is 9.93. The Morgan fingerprint density at radius 3 is 2.84 bits per heavy atom. The van der Waals surface area contributed by atoms with E-state index >= 15 is 0 Å². The van der Waals surface area contributed by atoms with Crippen molar-refractivity contribution in [2.75, 3.05) is 26.7 Å². The van der Waals surface area contributed by atoms with Crippen LogP contribution in [0.2, 0.25) is 0 Å². The fraction of sp³-hybridized carbons (Fsp3) is 0.600. The minimum absolute atomic E-state index is 0.0110. The average Bonchev–Trinajstić information content (AvgIpc) is 2.77. The van der Waals surface area contributed by atoms with E-state index in [1.54, 1.807) is 12.1 Å². The summed E-state index contributed by atoms with van der Waals surface area (Å²) < 4.78 is 27.5. The molecule has 19 heavy (non-hydrogen) atoms. The van der Waals surface area contributed by atoms with Crippen LogP contribution < -0.4 is 5.32 Å². The number of hydrogen-bond acceptors (Lipinski definition) is 2. The highest BCUT2D eigenvalue weighted by atomic mass is 19.2. The number of benzene rings is 1. The Hall–Kier alpha value is -1.00. The van der Waals surface area contributed by atoms with Crippen LogP contribution in [-0.4, -0.2) is 31.6 Å². The summed E-state index contributed by atoms with van der Waals surface area (Å²) in [7, 11) is 1.90. The lowest BCUT2D eigenvalue weighted by Gasteiger charge is -2.28. The van der Waals surface area contributed by atoms with Gasteiger partial charge < -0.3 is 5.32 Å². The first-order chi connectivity index (χ1) is 9.19. The van der Waals surface area contributed by atoms with E-state index in [9.17, 15) is 8.78 Å². The third-order valence-electron chi connectivity index (χ3n) is 3.90. The fourth-order valence-corrected chi connectivity index (χ4v) is 3.14. The van der Waals surface area contributed by atoms with Crippen LogP contribution in [0.3, 0.4) is 0 Å². The minimum atomic E-state index is -0.746. The highest BCUT2D eigenvalue weighted by Crippen LogP contribution is 2.38. The van der Waals surface area contributed by atoms with Crippen molar-refractivity contribution in [3.63, 3.8) is 0 Å². The zero-order chi connectivity index (χ0) is 13.8. The van der Waals surface area contributed by atoms with Gasteiger partial charge >= 0.3 is 0 Å². The number of nitrogens with zero attached hydrogens (tertiary/aromatic N) is 1. The molecule has 0 radical (unpaired) electrons. The normalized spacial score (nSPS) is 24.0. The molecule has 1 aliphatic heterocycles. The summed E-state index contributed by atoms with van der Waals surface area (Å²) in [5, 5.41) is 3.16. The van der Waals surface area contributed by atoms with Gasteiger partial charge in [0.15, 0.2) is 11.6 Å². The molecule has 0 amide bonds. The van der Waals surface area contributed by atoms with Crippen LogP contribution in [-0.2, 0) is 0 Å². The van der Waals surface area contributed by atoms with Crippen LogP contribution in [0.1, 0.15) is 31.4 Å². The third kappa shape index (κ3) is 2.95. The molecule has 2 rings (SSSR count). The van der Waals surface area contributed by atoms with Gasteiger partial charge in [-0.05, 0) is 51.5 Å². The molecular formula is C15H22F2N2. The van der Waals surface area contributed by atoms with E-state index in [0.29, 0.717) is 11.5 Å². The second-order valence-electron chi connectivity index (χ2n) is 5.23.